The number of sulfonamides is 1. The van der Waals surface area contributed by atoms with Crippen molar-refractivity contribution in [1.29, 1.82) is 0 Å². The van der Waals surface area contributed by atoms with Gasteiger partial charge < -0.3 is 5.11 Å². The summed E-state index contributed by atoms with van der Waals surface area (Å²) in [6, 6.07) is 6.53. The van der Waals surface area contributed by atoms with E-state index in [0.29, 0.717) is 17.3 Å². The highest BCUT2D eigenvalue weighted by Gasteiger charge is 2.31. The van der Waals surface area contributed by atoms with Gasteiger partial charge >= 0.3 is 5.97 Å². The van der Waals surface area contributed by atoms with Crippen LogP contribution < -0.4 is 0 Å². The average molecular weight is 348 g/mol. The molecule has 1 aromatic carbocycles. The highest BCUT2D eigenvalue weighted by molar-refractivity contribution is 9.10. The molecule has 1 fully saturated rings. The van der Waals surface area contributed by atoms with Gasteiger partial charge in [-0.25, -0.2) is 8.42 Å². The largest absolute Gasteiger partial charge is 0.481 e. The van der Waals surface area contributed by atoms with Gasteiger partial charge in [-0.15, -0.1) is 0 Å². The Labute approximate surface area is 120 Å². The lowest BCUT2D eigenvalue weighted by Gasteiger charge is -2.29. The van der Waals surface area contributed by atoms with Crippen molar-refractivity contribution in [2.75, 3.05) is 13.1 Å². The number of carbonyl (C=O) groups is 1. The molecule has 1 heterocycles. The number of aliphatic carboxylic acids is 1. The summed E-state index contributed by atoms with van der Waals surface area (Å²) in [5.41, 5.74) is 0. The number of nitrogens with zero attached hydrogens (tertiary/aromatic N) is 1. The number of hydrogen-bond acceptors (Lipinski definition) is 3. The minimum absolute atomic E-state index is 0.232. The Morgan fingerprint density at radius 2 is 1.95 bits per heavy atom. The Balaban J connectivity index is 2.16. The van der Waals surface area contributed by atoms with E-state index in [1.165, 1.54) is 4.31 Å². The molecule has 0 spiro atoms. The van der Waals surface area contributed by atoms with Crippen molar-refractivity contribution in [1.82, 2.24) is 4.31 Å². The lowest BCUT2D eigenvalue weighted by molar-refractivity contribution is -0.142. The maximum absolute atomic E-state index is 12.4. The average Bonchev–Trinajstić information content (AvgIpc) is 2.39. The van der Waals surface area contributed by atoms with Crippen LogP contribution in [-0.4, -0.2) is 36.9 Å². The van der Waals surface area contributed by atoms with Gasteiger partial charge in [0.2, 0.25) is 10.0 Å². The first kappa shape index (κ1) is 14.5. The number of rotatable bonds is 3. The van der Waals surface area contributed by atoms with E-state index in [4.69, 9.17) is 5.11 Å². The van der Waals surface area contributed by atoms with Gasteiger partial charge in [0.1, 0.15) is 0 Å². The number of hydrogen-bond donors (Lipinski definition) is 1. The summed E-state index contributed by atoms with van der Waals surface area (Å²) in [5.74, 6) is -1.28. The molecule has 1 aromatic rings. The molecule has 0 bridgehead atoms. The zero-order chi connectivity index (χ0) is 14.0. The molecule has 5 nitrogen and oxygen atoms in total. The topological polar surface area (TPSA) is 74.7 Å². The second-order valence-electron chi connectivity index (χ2n) is 4.47. The highest BCUT2D eigenvalue weighted by Crippen LogP contribution is 2.25. The fourth-order valence-electron chi connectivity index (χ4n) is 2.12. The Kier molecular flexibility index (Phi) is 4.27. The minimum atomic E-state index is -3.52. The first-order chi connectivity index (χ1) is 8.91. The highest BCUT2D eigenvalue weighted by atomic mass is 79.9. The standard InChI is InChI=1S/C12H14BrNO4S/c13-10-2-1-3-11(8-10)19(17,18)14-6-4-9(5-7-14)12(15)16/h1-3,8-9H,4-7H2,(H,15,16). The van der Waals surface area contributed by atoms with Crippen LogP contribution in [0.5, 0.6) is 0 Å². The lowest BCUT2D eigenvalue weighted by Crippen LogP contribution is -2.40. The van der Waals surface area contributed by atoms with E-state index >= 15 is 0 Å². The monoisotopic (exact) mass is 347 g/mol. The SMILES string of the molecule is O=C(O)C1CCN(S(=O)(=O)c2cccc(Br)c2)CC1. The van der Waals surface area contributed by atoms with Crippen LogP contribution in [0.2, 0.25) is 0 Å². The van der Waals surface area contributed by atoms with E-state index in [1.54, 1.807) is 24.3 Å². The Morgan fingerprint density at radius 3 is 2.47 bits per heavy atom. The van der Waals surface area contributed by atoms with Crippen LogP contribution in [0.25, 0.3) is 0 Å². The predicted molar refractivity (Wildman–Crippen MR) is 73.3 cm³/mol. The molecule has 0 saturated carbocycles. The molecule has 104 valence electrons. The van der Waals surface area contributed by atoms with Crippen LogP contribution in [0, 0.1) is 5.92 Å². The summed E-state index contributed by atoms with van der Waals surface area (Å²) in [7, 11) is -3.52. The number of halogens is 1. The van der Waals surface area contributed by atoms with Crippen molar-refractivity contribution in [2.24, 2.45) is 5.92 Å². The maximum atomic E-state index is 12.4. The third-order valence-electron chi connectivity index (χ3n) is 3.24. The van der Waals surface area contributed by atoms with Gasteiger partial charge in [-0.2, -0.15) is 4.31 Å². The number of carboxylic acids is 1. The molecule has 2 rings (SSSR count). The molecule has 1 N–H and O–H groups in total. The number of benzene rings is 1. The van der Waals surface area contributed by atoms with E-state index < -0.39 is 21.9 Å². The molecule has 0 unspecified atom stereocenters. The lowest BCUT2D eigenvalue weighted by atomic mass is 9.99. The molecule has 0 atom stereocenters. The van der Waals surface area contributed by atoms with Crippen molar-refractivity contribution in [3.63, 3.8) is 0 Å². The smallest absolute Gasteiger partial charge is 0.306 e. The summed E-state index contributed by atoms with van der Waals surface area (Å²) in [6.45, 7) is 0.512. The van der Waals surface area contributed by atoms with Gasteiger partial charge in [0.15, 0.2) is 0 Å². The second kappa shape index (κ2) is 5.60. The van der Waals surface area contributed by atoms with Crippen molar-refractivity contribution in [2.45, 2.75) is 17.7 Å². The zero-order valence-corrected chi connectivity index (χ0v) is 12.5. The quantitative estimate of drug-likeness (QED) is 0.906. The molecule has 0 amide bonds. The Morgan fingerprint density at radius 1 is 1.32 bits per heavy atom. The normalized spacial score (nSPS) is 18.4. The van der Waals surface area contributed by atoms with Crippen LogP contribution in [-0.2, 0) is 14.8 Å². The summed E-state index contributed by atoms with van der Waals surface area (Å²) in [6.07, 6.45) is 0.727. The van der Waals surface area contributed by atoms with Crippen molar-refractivity contribution >= 4 is 31.9 Å². The number of carboxylic acid groups (broad SMARTS) is 1. The Bertz CT molecular complexity index is 579. The molecule has 0 aromatic heterocycles. The van der Waals surface area contributed by atoms with Crippen LogP contribution in [0.15, 0.2) is 33.6 Å². The van der Waals surface area contributed by atoms with Gasteiger partial charge in [0.25, 0.3) is 0 Å². The van der Waals surface area contributed by atoms with Crippen LogP contribution in [0.4, 0.5) is 0 Å². The first-order valence-electron chi connectivity index (χ1n) is 5.90. The van der Waals surface area contributed by atoms with Gasteiger partial charge in [-0.3, -0.25) is 4.79 Å². The third-order valence-corrected chi connectivity index (χ3v) is 5.62. The molecule has 0 radical (unpaired) electrons. The summed E-state index contributed by atoms with van der Waals surface area (Å²) >= 11 is 3.25. The molecular weight excluding hydrogens is 334 g/mol. The molecule has 1 aliphatic rings. The van der Waals surface area contributed by atoms with Crippen molar-refractivity contribution in [3.8, 4) is 0 Å². The molecular formula is C12H14BrNO4S. The van der Waals surface area contributed by atoms with Gasteiger partial charge in [0.05, 0.1) is 10.8 Å². The van der Waals surface area contributed by atoms with Crippen molar-refractivity contribution in [3.05, 3.63) is 28.7 Å². The van der Waals surface area contributed by atoms with Crippen LogP contribution in [0.1, 0.15) is 12.8 Å². The summed E-state index contributed by atoms with van der Waals surface area (Å²) < 4.78 is 26.8. The van der Waals surface area contributed by atoms with E-state index in [1.807, 2.05) is 0 Å². The van der Waals surface area contributed by atoms with Crippen LogP contribution >= 0.6 is 15.9 Å². The van der Waals surface area contributed by atoms with Gasteiger partial charge in [-0.1, -0.05) is 22.0 Å². The maximum Gasteiger partial charge on any atom is 0.306 e. The molecule has 0 aliphatic carbocycles. The fourth-order valence-corrected chi connectivity index (χ4v) is 4.19. The van der Waals surface area contributed by atoms with Crippen molar-refractivity contribution < 1.29 is 18.3 Å². The van der Waals surface area contributed by atoms with Gasteiger partial charge in [0, 0.05) is 17.6 Å². The molecule has 1 saturated heterocycles. The fraction of sp³-hybridized carbons (Fsp3) is 0.417. The molecule has 7 heteroatoms. The number of piperidine rings is 1. The molecule has 19 heavy (non-hydrogen) atoms. The zero-order valence-electron chi connectivity index (χ0n) is 10.1. The third kappa shape index (κ3) is 3.16. The predicted octanol–water partition coefficient (Wildman–Crippen LogP) is 1.93. The molecule has 1 aliphatic heterocycles. The first-order valence-corrected chi connectivity index (χ1v) is 8.13. The van der Waals surface area contributed by atoms with Crippen LogP contribution in [0.3, 0.4) is 0 Å². The van der Waals surface area contributed by atoms with E-state index in [2.05, 4.69) is 15.9 Å². The van der Waals surface area contributed by atoms with E-state index in [-0.39, 0.29) is 18.0 Å². The van der Waals surface area contributed by atoms with E-state index in [0.717, 1.165) is 0 Å². The summed E-state index contributed by atoms with van der Waals surface area (Å²) in [5, 5.41) is 8.91. The summed E-state index contributed by atoms with van der Waals surface area (Å²) in [4.78, 5) is 11.1. The Hall–Kier alpha value is -0.920. The van der Waals surface area contributed by atoms with Gasteiger partial charge in [-0.05, 0) is 31.0 Å². The second-order valence-corrected chi connectivity index (χ2v) is 7.33. The minimum Gasteiger partial charge on any atom is -0.481 e. The van der Waals surface area contributed by atoms with E-state index in [9.17, 15) is 13.2 Å².